The van der Waals surface area contributed by atoms with E-state index in [0.29, 0.717) is 31.3 Å². The SMILES string of the molecule is CC(C)CCCNC(=O)NCC(O)CC(C)C. The zero-order valence-electron chi connectivity index (χ0n) is 11.6. The van der Waals surface area contributed by atoms with E-state index in [-0.39, 0.29) is 6.03 Å². The highest BCUT2D eigenvalue weighted by atomic mass is 16.3. The Morgan fingerprint density at radius 1 is 1.12 bits per heavy atom. The third kappa shape index (κ3) is 11.5. The van der Waals surface area contributed by atoms with Crippen LogP contribution in [0.2, 0.25) is 0 Å². The van der Waals surface area contributed by atoms with Gasteiger partial charge in [0.2, 0.25) is 0 Å². The van der Waals surface area contributed by atoms with E-state index < -0.39 is 6.10 Å². The molecular weight excluding hydrogens is 216 g/mol. The summed E-state index contributed by atoms with van der Waals surface area (Å²) in [5, 5.41) is 15.0. The van der Waals surface area contributed by atoms with E-state index in [2.05, 4.69) is 38.3 Å². The Hall–Kier alpha value is -0.770. The Labute approximate surface area is 105 Å². The number of hydrogen-bond acceptors (Lipinski definition) is 2. The summed E-state index contributed by atoms with van der Waals surface area (Å²) in [6.07, 6.45) is 2.39. The Bertz CT molecular complexity index is 206. The molecule has 0 heterocycles. The molecule has 102 valence electrons. The minimum Gasteiger partial charge on any atom is -0.391 e. The molecular formula is C13H28N2O2. The predicted molar refractivity (Wildman–Crippen MR) is 70.9 cm³/mol. The molecule has 0 aliphatic carbocycles. The normalized spacial score (nSPS) is 12.9. The molecule has 0 aliphatic rings. The second-order valence-corrected chi connectivity index (χ2v) is 5.46. The first kappa shape index (κ1) is 16.2. The summed E-state index contributed by atoms with van der Waals surface area (Å²) >= 11 is 0. The van der Waals surface area contributed by atoms with Gasteiger partial charge in [-0.2, -0.15) is 0 Å². The molecule has 1 unspecified atom stereocenters. The molecule has 0 saturated heterocycles. The van der Waals surface area contributed by atoms with E-state index >= 15 is 0 Å². The van der Waals surface area contributed by atoms with Crippen LogP contribution in [0.15, 0.2) is 0 Å². The van der Waals surface area contributed by atoms with Gasteiger partial charge >= 0.3 is 6.03 Å². The van der Waals surface area contributed by atoms with Gasteiger partial charge in [0.05, 0.1) is 6.10 Å². The number of carbonyl (C=O) groups excluding carboxylic acids is 1. The average Bonchev–Trinajstić information content (AvgIpc) is 2.20. The zero-order valence-corrected chi connectivity index (χ0v) is 11.6. The monoisotopic (exact) mass is 244 g/mol. The molecule has 4 heteroatoms. The van der Waals surface area contributed by atoms with Crippen molar-refractivity contribution < 1.29 is 9.90 Å². The summed E-state index contributed by atoms with van der Waals surface area (Å²) in [6.45, 7) is 9.47. The highest BCUT2D eigenvalue weighted by molar-refractivity contribution is 5.73. The first-order valence-electron chi connectivity index (χ1n) is 6.61. The number of carbonyl (C=O) groups is 1. The third-order valence-corrected chi connectivity index (χ3v) is 2.49. The first-order valence-corrected chi connectivity index (χ1v) is 6.61. The molecule has 0 spiro atoms. The summed E-state index contributed by atoms with van der Waals surface area (Å²) in [7, 11) is 0. The fourth-order valence-electron chi connectivity index (χ4n) is 1.61. The van der Waals surface area contributed by atoms with Gasteiger partial charge in [0, 0.05) is 13.1 Å². The summed E-state index contributed by atoms with van der Waals surface area (Å²) in [5.74, 6) is 1.12. The number of amides is 2. The number of hydrogen-bond donors (Lipinski definition) is 3. The summed E-state index contributed by atoms with van der Waals surface area (Å²) in [5.41, 5.74) is 0. The smallest absolute Gasteiger partial charge is 0.314 e. The molecule has 0 aromatic carbocycles. The van der Waals surface area contributed by atoms with Gasteiger partial charge in [0.25, 0.3) is 0 Å². The van der Waals surface area contributed by atoms with E-state index in [4.69, 9.17) is 0 Å². The van der Waals surface area contributed by atoms with Crippen molar-refractivity contribution in [2.75, 3.05) is 13.1 Å². The van der Waals surface area contributed by atoms with Crippen LogP contribution in [0.4, 0.5) is 4.79 Å². The molecule has 3 N–H and O–H groups in total. The van der Waals surface area contributed by atoms with Crippen molar-refractivity contribution >= 4 is 6.03 Å². The van der Waals surface area contributed by atoms with Crippen molar-refractivity contribution in [2.45, 2.75) is 53.1 Å². The van der Waals surface area contributed by atoms with Crippen molar-refractivity contribution in [3.63, 3.8) is 0 Å². The average molecular weight is 244 g/mol. The molecule has 0 aliphatic heterocycles. The van der Waals surface area contributed by atoms with Gasteiger partial charge in [-0.25, -0.2) is 4.79 Å². The van der Waals surface area contributed by atoms with Crippen LogP contribution < -0.4 is 10.6 Å². The Balaban J connectivity index is 3.46. The second kappa shape index (κ2) is 9.28. The maximum atomic E-state index is 11.3. The molecule has 1 atom stereocenters. The lowest BCUT2D eigenvalue weighted by Gasteiger charge is -2.14. The van der Waals surface area contributed by atoms with Crippen LogP contribution in [-0.2, 0) is 0 Å². The van der Waals surface area contributed by atoms with Crippen molar-refractivity contribution in [3.05, 3.63) is 0 Å². The quantitative estimate of drug-likeness (QED) is 0.573. The number of aliphatic hydroxyl groups is 1. The van der Waals surface area contributed by atoms with Crippen molar-refractivity contribution in [1.29, 1.82) is 0 Å². The molecule has 0 bridgehead atoms. The first-order chi connectivity index (χ1) is 7.91. The molecule has 0 rings (SSSR count). The molecule has 0 saturated carbocycles. The standard InChI is InChI=1S/C13H28N2O2/c1-10(2)6-5-7-14-13(17)15-9-12(16)8-11(3)4/h10-12,16H,5-9H2,1-4H3,(H2,14,15,17). The van der Waals surface area contributed by atoms with E-state index in [0.717, 1.165) is 12.8 Å². The van der Waals surface area contributed by atoms with Crippen molar-refractivity contribution in [3.8, 4) is 0 Å². The lowest BCUT2D eigenvalue weighted by atomic mass is 10.1. The van der Waals surface area contributed by atoms with E-state index in [1.165, 1.54) is 0 Å². The molecule has 0 aromatic heterocycles. The van der Waals surface area contributed by atoms with Gasteiger partial charge < -0.3 is 15.7 Å². The number of rotatable bonds is 8. The van der Waals surface area contributed by atoms with Gasteiger partial charge in [0.15, 0.2) is 0 Å². The molecule has 0 fully saturated rings. The third-order valence-electron chi connectivity index (χ3n) is 2.49. The van der Waals surface area contributed by atoms with Crippen LogP contribution in [0, 0.1) is 11.8 Å². The van der Waals surface area contributed by atoms with Crippen LogP contribution in [0.1, 0.15) is 47.0 Å². The molecule has 2 amide bonds. The fraction of sp³-hybridized carbons (Fsp3) is 0.923. The second-order valence-electron chi connectivity index (χ2n) is 5.46. The van der Waals surface area contributed by atoms with Crippen LogP contribution in [0.5, 0.6) is 0 Å². The maximum absolute atomic E-state index is 11.3. The minimum atomic E-state index is -0.448. The minimum absolute atomic E-state index is 0.184. The lowest BCUT2D eigenvalue weighted by molar-refractivity contribution is 0.147. The van der Waals surface area contributed by atoms with E-state index in [1.807, 2.05) is 0 Å². The van der Waals surface area contributed by atoms with Gasteiger partial charge in [-0.3, -0.25) is 0 Å². The summed E-state index contributed by atoms with van der Waals surface area (Å²) < 4.78 is 0. The van der Waals surface area contributed by atoms with Gasteiger partial charge in [-0.05, 0) is 31.1 Å². The Kier molecular flexibility index (Phi) is 8.86. The fourth-order valence-corrected chi connectivity index (χ4v) is 1.61. The van der Waals surface area contributed by atoms with Crippen LogP contribution in [0.3, 0.4) is 0 Å². The molecule has 0 aromatic rings. The Morgan fingerprint density at radius 2 is 1.76 bits per heavy atom. The largest absolute Gasteiger partial charge is 0.391 e. The van der Waals surface area contributed by atoms with E-state index in [9.17, 15) is 9.90 Å². The highest BCUT2D eigenvalue weighted by Crippen LogP contribution is 2.03. The van der Waals surface area contributed by atoms with Crippen LogP contribution in [-0.4, -0.2) is 30.3 Å². The van der Waals surface area contributed by atoms with Crippen molar-refractivity contribution in [1.82, 2.24) is 10.6 Å². The highest BCUT2D eigenvalue weighted by Gasteiger charge is 2.08. The lowest BCUT2D eigenvalue weighted by Crippen LogP contribution is -2.40. The van der Waals surface area contributed by atoms with E-state index in [1.54, 1.807) is 0 Å². The predicted octanol–water partition coefficient (Wildman–Crippen LogP) is 2.13. The molecule has 4 nitrogen and oxygen atoms in total. The molecule has 0 radical (unpaired) electrons. The van der Waals surface area contributed by atoms with Gasteiger partial charge in [-0.15, -0.1) is 0 Å². The summed E-state index contributed by atoms with van der Waals surface area (Å²) in [6, 6.07) is -0.184. The van der Waals surface area contributed by atoms with Gasteiger partial charge in [0.1, 0.15) is 0 Å². The number of urea groups is 1. The van der Waals surface area contributed by atoms with Crippen LogP contribution in [0.25, 0.3) is 0 Å². The molecule has 17 heavy (non-hydrogen) atoms. The number of nitrogens with one attached hydrogen (secondary N) is 2. The van der Waals surface area contributed by atoms with Crippen molar-refractivity contribution in [2.24, 2.45) is 11.8 Å². The summed E-state index contributed by atoms with van der Waals surface area (Å²) in [4.78, 5) is 11.3. The number of aliphatic hydroxyl groups excluding tert-OH is 1. The Morgan fingerprint density at radius 3 is 2.29 bits per heavy atom. The topological polar surface area (TPSA) is 61.4 Å². The van der Waals surface area contributed by atoms with Crippen LogP contribution >= 0.6 is 0 Å². The maximum Gasteiger partial charge on any atom is 0.314 e. The zero-order chi connectivity index (χ0) is 13.3. The van der Waals surface area contributed by atoms with Gasteiger partial charge in [-0.1, -0.05) is 27.7 Å².